The van der Waals surface area contributed by atoms with Crippen molar-refractivity contribution < 1.29 is 4.74 Å². The summed E-state index contributed by atoms with van der Waals surface area (Å²) in [5.41, 5.74) is 6.40. The van der Waals surface area contributed by atoms with E-state index in [4.69, 9.17) is 10.5 Å². The van der Waals surface area contributed by atoms with Gasteiger partial charge >= 0.3 is 0 Å². The summed E-state index contributed by atoms with van der Waals surface area (Å²) in [6.07, 6.45) is 1.71. The summed E-state index contributed by atoms with van der Waals surface area (Å²) in [5, 5.41) is 3.16. The smallest absolute Gasteiger partial charge is 0.149 e. The van der Waals surface area contributed by atoms with Gasteiger partial charge in [0, 0.05) is 23.8 Å². The molecule has 0 aromatic carbocycles. The minimum absolute atomic E-state index is 0.191. The van der Waals surface area contributed by atoms with E-state index in [-0.39, 0.29) is 6.04 Å². The number of rotatable bonds is 4. The zero-order chi connectivity index (χ0) is 10.6. The Balaban J connectivity index is 2.67. The summed E-state index contributed by atoms with van der Waals surface area (Å²) in [4.78, 5) is 4.16. The van der Waals surface area contributed by atoms with Crippen LogP contribution in [0.2, 0.25) is 0 Å². The summed E-state index contributed by atoms with van der Waals surface area (Å²) in [6.45, 7) is 2.63. The molecule has 5 heteroatoms. The van der Waals surface area contributed by atoms with E-state index in [1.807, 2.05) is 13.0 Å². The van der Waals surface area contributed by atoms with E-state index in [2.05, 4.69) is 26.2 Å². The summed E-state index contributed by atoms with van der Waals surface area (Å²) in [7, 11) is 1.66. The van der Waals surface area contributed by atoms with Crippen molar-refractivity contribution >= 4 is 27.4 Å². The van der Waals surface area contributed by atoms with E-state index in [0.29, 0.717) is 18.1 Å². The molecule has 0 spiro atoms. The Hall–Kier alpha value is -0.810. The molecule has 1 aromatic rings. The Morgan fingerprint density at radius 3 is 3.00 bits per heavy atom. The van der Waals surface area contributed by atoms with Gasteiger partial charge in [-0.3, -0.25) is 0 Å². The van der Waals surface area contributed by atoms with Crippen LogP contribution in [0.25, 0.3) is 0 Å². The molecule has 0 saturated carbocycles. The lowest BCUT2D eigenvalue weighted by Gasteiger charge is -2.14. The zero-order valence-corrected chi connectivity index (χ0v) is 9.84. The van der Waals surface area contributed by atoms with Crippen LogP contribution in [0.4, 0.5) is 11.5 Å². The summed E-state index contributed by atoms with van der Waals surface area (Å²) in [6, 6.07) is 2.01. The zero-order valence-electron chi connectivity index (χ0n) is 8.25. The molecule has 0 aliphatic rings. The van der Waals surface area contributed by atoms with Gasteiger partial charge < -0.3 is 15.8 Å². The van der Waals surface area contributed by atoms with E-state index in [0.717, 1.165) is 4.47 Å². The third-order valence-electron chi connectivity index (χ3n) is 1.68. The summed E-state index contributed by atoms with van der Waals surface area (Å²) in [5.74, 6) is 0.692. The largest absolute Gasteiger partial charge is 0.396 e. The standard InChI is InChI=1S/C9H14BrN3O/c1-6(5-14-2)13-9-8(11)3-7(10)4-12-9/h3-4,6H,5,11H2,1-2H3,(H,12,13). The molecule has 0 aliphatic heterocycles. The van der Waals surface area contributed by atoms with Crippen LogP contribution in [0.1, 0.15) is 6.92 Å². The van der Waals surface area contributed by atoms with Crippen LogP contribution in [0, 0.1) is 0 Å². The third kappa shape index (κ3) is 3.16. The van der Waals surface area contributed by atoms with Crippen LogP contribution >= 0.6 is 15.9 Å². The van der Waals surface area contributed by atoms with E-state index < -0.39 is 0 Å². The van der Waals surface area contributed by atoms with Crippen LogP contribution in [0.3, 0.4) is 0 Å². The lowest BCUT2D eigenvalue weighted by molar-refractivity contribution is 0.190. The summed E-state index contributed by atoms with van der Waals surface area (Å²) < 4.78 is 5.87. The highest BCUT2D eigenvalue weighted by Crippen LogP contribution is 2.20. The Kier molecular flexibility index (Phi) is 4.16. The average molecular weight is 260 g/mol. The number of nitrogens with two attached hydrogens (primary N) is 1. The van der Waals surface area contributed by atoms with Gasteiger partial charge in [-0.2, -0.15) is 0 Å². The lowest BCUT2D eigenvalue weighted by atomic mass is 10.3. The minimum atomic E-state index is 0.191. The van der Waals surface area contributed by atoms with Gasteiger partial charge in [-0.25, -0.2) is 4.98 Å². The summed E-state index contributed by atoms with van der Waals surface area (Å²) >= 11 is 3.30. The molecule has 14 heavy (non-hydrogen) atoms. The Morgan fingerprint density at radius 1 is 1.71 bits per heavy atom. The van der Waals surface area contributed by atoms with Crippen LogP contribution in [-0.2, 0) is 4.74 Å². The fourth-order valence-corrected chi connectivity index (χ4v) is 1.45. The number of halogens is 1. The number of ether oxygens (including phenoxy) is 1. The predicted molar refractivity (Wildman–Crippen MR) is 61.3 cm³/mol. The van der Waals surface area contributed by atoms with Crippen molar-refractivity contribution in [1.29, 1.82) is 0 Å². The monoisotopic (exact) mass is 259 g/mol. The number of nitrogens with zero attached hydrogens (tertiary/aromatic N) is 1. The van der Waals surface area contributed by atoms with Gasteiger partial charge in [0.15, 0.2) is 0 Å². The SMILES string of the molecule is COCC(C)Nc1ncc(Br)cc1N. The molecular weight excluding hydrogens is 246 g/mol. The van der Waals surface area contributed by atoms with Gasteiger partial charge in [-0.15, -0.1) is 0 Å². The van der Waals surface area contributed by atoms with Crippen molar-refractivity contribution in [3.05, 3.63) is 16.7 Å². The topological polar surface area (TPSA) is 60.2 Å². The molecule has 3 N–H and O–H groups in total. The van der Waals surface area contributed by atoms with Gasteiger partial charge in [0.05, 0.1) is 12.3 Å². The first-order valence-corrected chi connectivity index (χ1v) is 5.09. The second-order valence-electron chi connectivity index (χ2n) is 3.09. The number of nitrogens with one attached hydrogen (secondary N) is 1. The van der Waals surface area contributed by atoms with E-state index in [1.54, 1.807) is 13.3 Å². The molecule has 0 amide bonds. The molecule has 0 aliphatic carbocycles. The second kappa shape index (κ2) is 5.17. The first-order valence-electron chi connectivity index (χ1n) is 4.30. The van der Waals surface area contributed by atoms with Crippen LogP contribution in [0.5, 0.6) is 0 Å². The lowest BCUT2D eigenvalue weighted by Crippen LogP contribution is -2.22. The minimum Gasteiger partial charge on any atom is -0.396 e. The maximum atomic E-state index is 5.77. The molecule has 1 atom stereocenters. The molecule has 78 valence electrons. The van der Waals surface area contributed by atoms with Gasteiger partial charge in [-0.05, 0) is 28.9 Å². The number of aromatic nitrogens is 1. The number of nitrogen functional groups attached to an aromatic ring is 1. The molecule has 1 aromatic heterocycles. The van der Waals surface area contributed by atoms with Crippen molar-refractivity contribution in [2.75, 3.05) is 24.8 Å². The van der Waals surface area contributed by atoms with Crippen molar-refractivity contribution in [1.82, 2.24) is 4.98 Å². The molecule has 1 unspecified atom stereocenters. The number of pyridine rings is 1. The molecule has 0 saturated heterocycles. The normalized spacial score (nSPS) is 12.5. The van der Waals surface area contributed by atoms with Crippen molar-refractivity contribution in [2.24, 2.45) is 0 Å². The van der Waals surface area contributed by atoms with Gasteiger partial charge in [0.2, 0.25) is 0 Å². The molecule has 4 nitrogen and oxygen atoms in total. The highest BCUT2D eigenvalue weighted by molar-refractivity contribution is 9.10. The van der Waals surface area contributed by atoms with Crippen molar-refractivity contribution in [2.45, 2.75) is 13.0 Å². The van der Waals surface area contributed by atoms with Gasteiger partial charge in [0.1, 0.15) is 5.82 Å². The molecule has 1 rings (SSSR count). The van der Waals surface area contributed by atoms with Crippen LogP contribution in [-0.4, -0.2) is 24.7 Å². The Bertz CT molecular complexity index is 306. The first-order chi connectivity index (χ1) is 6.63. The molecule has 0 radical (unpaired) electrons. The van der Waals surface area contributed by atoms with E-state index in [9.17, 15) is 0 Å². The van der Waals surface area contributed by atoms with Crippen molar-refractivity contribution in [3.63, 3.8) is 0 Å². The quantitative estimate of drug-likeness (QED) is 0.867. The number of anilines is 2. The fourth-order valence-electron chi connectivity index (χ4n) is 1.10. The third-order valence-corrected chi connectivity index (χ3v) is 2.12. The van der Waals surface area contributed by atoms with Crippen molar-refractivity contribution in [3.8, 4) is 0 Å². The Labute approximate surface area is 92.0 Å². The number of hydrogen-bond acceptors (Lipinski definition) is 4. The highest BCUT2D eigenvalue weighted by Gasteiger charge is 2.05. The van der Waals surface area contributed by atoms with Crippen LogP contribution in [0.15, 0.2) is 16.7 Å². The number of methoxy groups -OCH3 is 1. The molecule has 1 heterocycles. The first kappa shape index (κ1) is 11.3. The predicted octanol–water partition coefficient (Wildman–Crippen LogP) is 1.87. The highest BCUT2D eigenvalue weighted by atomic mass is 79.9. The maximum Gasteiger partial charge on any atom is 0.149 e. The average Bonchev–Trinajstić information content (AvgIpc) is 2.10. The molecule has 0 bridgehead atoms. The van der Waals surface area contributed by atoms with E-state index in [1.165, 1.54) is 0 Å². The molecular formula is C9H14BrN3O. The van der Waals surface area contributed by atoms with Crippen LogP contribution < -0.4 is 11.1 Å². The second-order valence-corrected chi connectivity index (χ2v) is 4.01. The number of hydrogen-bond donors (Lipinski definition) is 2. The fraction of sp³-hybridized carbons (Fsp3) is 0.444. The molecule has 0 fully saturated rings. The van der Waals surface area contributed by atoms with E-state index >= 15 is 0 Å². The Morgan fingerprint density at radius 2 is 2.43 bits per heavy atom. The maximum absolute atomic E-state index is 5.77. The van der Waals surface area contributed by atoms with Gasteiger partial charge in [0.25, 0.3) is 0 Å². The van der Waals surface area contributed by atoms with Gasteiger partial charge in [-0.1, -0.05) is 0 Å².